The highest BCUT2D eigenvalue weighted by atomic mass is 32.1. The van der Waals surface area contributed by atoms with Gasteiger partial charge < -0.3 is 10.6 Å². The highest BCUT2D eigenvalue weighted by Gasteiger charge is 2.30. The third kappa shape index (κ3) is 2.76. The van der Waals surface area contributed by atoms with Gasteiger partial charge in [-0.05, 0) is 47.4 Å². The van der Waals surface area contributed by atoms with E-state index in [9.17, 15) is 0 Å². The van der Waals surface area contributed by atoms with E-state index in [0.29, 0.717) is 11.6 Å². The molecule has 4 nitrogen and oxygen atoms in total. The van der Waals surface area contributed by atoms with Crippen LogP contribution in [0.4, 0.5) is 5.82 Å². The molecule has 3 rings (SSSR count). The van der Waals surface area contributed by atoms with E-state index in [-0.39, 0.29) is 5.84 Å². The normalized spacial score (nSPS) is 14.3. The number of rotatable bonds is 5. The maximum atomic E-state index is 7.39. The predicted molar refractivity (Wildman–Crippen MR) is 78.8 cm³/mol. The molecule has 0 bridgehead atoms. The number of nitrogen functional groups attached to an aromatic ring is 1. The first-order valence-corrected chi connectivity index (χ1v) is 7.26. The van der Waals surface area contributed by atoms with Crippen LogP contribution in [0.25, 0.3) is 0 Å². The minimum atomic E-state index is 0.0647. The average Bonchev–Trinajstić information content (AvgIpc) is 3.13. The molecule has 98 valence electrons. The first-order chi connectivity index (χ1) is 9.24. The minimum absolute atomic E-state index is 0.0647. The van der Waals surface area contributed by atoms with Crippen molar-refractivity contribution in [1.82, 2.24) is 4.98 Å². The minimum Gasteiger partial charge on any atom is -0.384 e. The molecule has 1 saturated carbocycles. The monoisotopic (exact) mass is 272 g/mol. The Hall–Kier alpha value is -1.88. The molecule has 3 N–H and O–H groups in total. The molecular formula is C14H16N4S. The molecule has 0 atom stereocenters. The lowest BCUT2D eigenvalue weighted by Crippen LogP contribution is -2.26. The molecular weight excluding hydrogens is 256 g/mol. The zero-order valence-electron chi connectivity index (χ0n) is 10.5. The highest BCUT2D eigenvalue weighted by Crippen LogP contribution is 2.32. The number of hydrogen-bond acceptors (Lipinski definition) is 4. The van der Waals surface area contributed by atoms with Crippen LogP contribution in [0.5, 0.6) is 0 Å². The van der Waals surface area contributed by atoms with Crippen LogP contribution in [-0.4, -0.2) is 16.9 Å². The molecule has 19 heavy (non-hydrogen) atoms. The Labute approximate surface area is 116 Å². The number of nitrogens with one attached hydrogen (secondary N) is 1. The van der Waals surface area contributed by atoms with E-state index >= 15 is 0 Å². The van der Waals surface area contributed by atoms with E-state index < -0.39 is 0 Å². The molecule has 2 aromatic heterocycles. The van der Waals surface area contributed by atoms with Crippen molar-refractivity contribution in [1.29, 1.82) is 5.41 Å². The Morgan fingerprint density at radius 1 is 1.42 bits per heavy atom. The van der Waals surface area contributed by atoms with Crippen molar-refractivity contribution in [3.05, 3.63) is 46.3 Å². The Balaban J connectivity index is 1.81. The number of pyridine rings is 1. The van der Waals surface area contributed by atoms with E-state index in [1.54, 1.807) is 17.5 Å². The van der Waals surface area contributed by atoms with Crippen LogP contribution in [-0.2, 0) is 6.54 Å². The molecule has 2 aromatic rings. The summed E-state index contributed by atoms with van der Waals surface area (Å²) in [6, 6.07) is 6.59. The second-order valence-corrected chi connectivity index (χ2v) is 5.59. The van der Waals surface area contributed by atoms with Gasteiger partial charge in [0, 0.05) is 24.3 Å². The molecule has 1 aliphatic carbocycles. The quantitative estimate of drug-likeness (QED) is 0.649. The SMILES string of the molecule is N=C(N)c1ccc(N(Cc2ccsc2)C2CC2)nc1. The third-order valence-corrected chi connectivity index (χ3v) is 4.01. The van der Waals surface area contributed by atoms with Gasteiger partial charge in [-0.2, -0.15) is 11.3 Å². The number of amidine groups is 1. The zero-order valence-corrected chi connectivity index (χ0v) is 11.4. The van der Waals surface area contributed by atoms with Crippen LogP contribution in [0.15, 0.2) is 35.2 Å². The lowest BCUT2D eigenvalue weighted by Gasteiger charge is -2.23. The van der Waals surface area contributed by atoms with Gasteiger partial charge in [0.15, 0.2) is 0 Å². The standard InChI is InChI=1S/C14H16N4S/c15-14(16)11-1-4-13(17-7-11)18(12-2-3-12)8-10-5-6-19-9-10/h1,4-7,9,12H,2-3,8H2,(H3,15,16). The Morgan fingerprint density at radius 3 is 2.79 bits per heavy atom. The number of aromatic nitrogens is 1. The van der Waals surface area contributed by atoms with E-state index in [0.717, 1.165) is 12.4 Å². The van der Waals surface area contributed by atoms with Gasteiger partial charge in [0.1, 0.15) is 11.7 Å². The summed E-state index contributed by atoms with van der Waals surface area (Å²) in [6.07, 6.45) is 4.15. The second-order valence-electron chi connectivity index (χ2n) is 4.81. The van der Waals surface area contributed by atoms with Crippen LogP contribution in [0.1, 0.15) is 24.0 Å². The van der Waals surface area contributed by atoms with Crippen molar-refractivity contribution in [2.45, 2.75) is 25.4 Å². The van der Waals surface area contributed by atoms with Gasteiger partial charge in [0.05, 0.1) is 0 Å². The largest absolute Gasteiger partial charge is 0.384 e. The van der Waals surface area contributed by atoms with Crippen molar-refractivity contribution in [3.63, 3.8) is 0 Å². The van der Waals surface area contributed by atoms with Gasteiger partial charge in [-0.25, -0.2) is 4.98 Å². The van der Waals surface area contributed by atoms with Crippen molar-refractivity contribution in [2.75, 3.05) is 4.90 Å². The fourth-order valence-electron chi connectivity index (χ4n) is 2.08. The Bertz CT molecular complexity index is 558. The van der Waals surface area contributed by atoms with E-state index in [4.69, 9.17) is 11.1 Å². The number of nitrogens with zero attached hydrogens (tertiary/aromatic N) is 2. The van der Waals surface area contributed by atoms with Gasteiger partial charge in [0.25, 0.3) is 0 Å². The van der Waals surface area contributed by atoms with Gasteiger partial charge in [-0.1, -0.05) is 0 Å². The van der Waals surface area contributed by atoms with Gasteiger partial charge in [0.2, 0.25) is 0 Å². The molecule has 2 heterocycles. The van der Waals surface area contributed by atoms with Gasteiger partial charge in [-0.15, -0.1) is 0 Å². The van der Waals surface area contributed by atoms with Gasteiger partial charge >= 0.3 is 0 Å². The predicted octanol–water partition coefficient (Wildman–Crippen LogP) is 2.60. The van der Waals surface area contributed by atoms with Crippen molar-refractivity contribution in [3.8, 4) is 0 Å². The molecule has 0 unspecified atom stereocenters. The summed E-state index contributed by atoms with van der Waals surface area (Å²) < 4.78 is 0. The maximum absolute atomic E-state index is 7.39. The highest BCUT2D eigenvalue weighted by molar-refractivity contribution is 7.07. The smallest absolute Gasteiger partial charge is 0.129 e. The van der Waals surface area contributed by atoms with Crippen LogP contribution in [0.3, 0.4) is 0 Å². The number of thiophene rings is 1. The number of hydrogen-bond donors (Lipinski definition) is 2. The lowest BCUT2D eigenvalue weighted by molar-refractivity contribution is 0.780. The summed E-state index contributed by atoms with van der Waals surface area (Å²) >= 11 is 1.72. The summed E-state index contributed by atoms with van der Waals surface area (Å²) in [5.74, 6) is 1.04. The first kappa shape index (κ1) is 12.2. The average molecular weight is 272 g/mol. The summed E-state index contributed by atoms with van der Waals surface area (Å²) in [6.45, 7) is 0.903. The fourth-order valence-corrected chi connectivity index (χ4v) is 2.74. The van der Waals surface area contributed by atoms with Crippen molar-refractivity contribution < 1.29 is 0 Å². The second kappa shape index (κ2) is 5.01. The first-order valence-electron chi connectivity index (χ1n) is 6.32. The molecule has 0 aromatic carbocycles. The van der Waals surface area contributed by atoms with Crippen LogP contribution in [0.2, 0.25) is 0 Å². The molecule has 1 aliphatic rings. The Kier molecular flexibility index (Phi) is 3.21. The van der Waals surface area contributed by atoms with Gasteiger partial charge in [-0.3, -0.25) is 5.41 Å². The van der Waals surface area contributed by atoms with E-state index in [1.165, 1.54) is 18.4 Å². The summed E-state index contributed by atoms with van der Waals surface area (Å²) in [7, 11) is 0. The van der Waals surface area contributed by atoms with Crippen LogP contribution >= 0.6 is 11.3 Å². The topological polar surface area (TPSA) is 66.0 Å². The van der Waals surface area contributed by atoms with Crippen molar-refractivity contribution in [2.24, 2.45) is 5.73 Å². The van der Waals surface area contributed by atoms with E-state index in [1.807, 2.05) is 12.1 Å². The van der Waals surface area contributed by atoms with Crippen molar-refractivity contribution >= 4 is 23.0 Å². The zero-order chi connectivity index (χ0) is 13.2. The molecule has 5 heteroatoms. The lowest BCUT2D eigenvalue weighted by atomic mass is 10.2. The molecule has 0 saturated heterocycles. The van der Waals surface area contributed by atoms with E-state index in [2.05, 4.69) is 26.7 Å². The molecule has 0 aliphatic heterocycles. The number of anilines is 1. The molecule has 1 fully saturated rings. The third-order valence-electron chi connectivity index (χ3n) is 3.27. The summed E-state index contributed by atoms with van der Waals surface area (Å²) in [5, 5.41) is 11.7. The molecule has 0 radical (unpaired) electrons. The summed E-state index contributed by atoms with van der Waals surface area (Å²) in [4.78, 5) is 6.79. The summed E-state index contributed by atoms with van der Waals surface area (Å²) in [5.41, 5.74) is 7.46. The van der Waals surface area contributed by atoms with Crippen LogP contribution in [0, 0.1) is 5.41 Å². The number of nitrogens with two attached hydrogens (primary N) is 1. The molecule has 0 amide bonds. The molecule has 0 spiro atoms. The van der Waals surface area contributed by atoms with Crippen LogP contribution < -0.4 is 10.6 Å². The Morgan fingerprint density at radius 2 is 2.26 bits per heavy atom. The fraction of sp³-hybridized carbons (Fsp3) is 0.286. The maximum Gasteiger partial charge on any atom is 0.129 e.